The number of carbonyl (C=O) groups excluding carboxylic acids is 1. The van der Waals surface area contributed by atoms with Crippen molar-refractivity contribution in [1.82, 2.24) is 10.6 Å². The summed E-state index contributed by atoms with van der Waals surface area (Å²) >= 11 is 6.28. The van der Waals surface area contributed by atoms with Crippen LogP contribution in [0.5, 0.6) is 17.2 Å². The molecule has 4 rings (SSSR count). The molecule has 0 saturated carbocycles. The summed E-state index contributed by atoms with van der Waals surface area (Å²) in [4.78, 5) is 12.6. The summed E-state index contributed by atoms with van der Waals surface area (Å²) < 4.78 is 39.8. The average molecular weight is 572 g/mol. The molecule has 1 amide bonds. The number of methoxy groups -OCH3 is 1. The van der Waals surface area contributed by atoms with Crippen LogP contribution in [0.15, 0.2) is 71.6 Å². The minimum absolute atomic E-state index is 0.0262. The van der Waals surface area contributed by atoms with Gasteiger partial charge in [0.2, 0.25) is 0 Å². The van der Waals surface area contributed by atoms with E-state index in [0.29, 0.717) is 28.6 Å². The number of ether oxygens (including phenoxy) is 2. The molecule has 0 aliphatic carbocycles. The molecule has 0 radical (unpaired) electrons. The molecule has 0 atom stereocenters. The SMILES string of the molecule is COc1ccc(Oc2ccccc2NS(=O)(=O)c2ccc(C(=O)NCCCCC3CCNCC3)cc2)c(Cl)c1. The molecule has 208 valence electrons. The third kappa shape index (κ3) is 8.11. The van der Waals surface area contributed by atoms with Gasteiger partial charge in [0.05, 0.1) is 22.7 Å². The Balaban J connectivity index is 1.33. The Morgan fingerprint density at radius 1 is 1.00 bits per heavy atom. The van der Waals surface area contributed by atoms with Gasteiger partial charge in [0.25, 0.3) is 15.9 Å². The molecule has 1 aliphatic heterocycles. The van der Waals surface area contributed by atoms with Gasteiger partial charge in [-0.2, -0.15) is 0 Å². The highest BCUT2D eigenvalue weighted by molar-refractivity contribution is 7.92. The number of rotatable bonds is 12. The van der Waals surface area contributed by atoms with Crippen LogP contribution in [0.3, 0.4) is 0 Å². The van der Waals surface area contributed by atoms with E-state index in [1.165, 1.54) is 50.6 Å². The zero-order chi connectivity index (χ0) is 27.7. The maximum Gasteiger partial charge on any atom is 0.262 e. The minimum atomic E-state index is -3.95. The fourth-order valence-corrected chi connectivity index (χ4v) is 5.75. The molecule has 1 heterocycles. The second kappa shape index (κ2) is 13.7. The summed E-state index contributed by atoms with van der Waals surface area (Å²) in [5.74, 6) is 1.77. The fourth-order valence-electron chi connectivity index (χ4n) is 4.47. The van der Waals surface area contributed by atoms with Crippen LogP contribution in [0, 0.1) is 5.92 Å². The number of piperidine rings is 1. The lowest BCUT2D eigenvalue weighted by Crippen LogP contribution is -2.28. The Hall–Kier alpha value is -3.27. The zero-order valence-corrected chi connectivity index (χ0v) is 23.5. The van der Waals surface area contributed by atoms with Crippen molar-refractivity contribution in [3.8, 4) is 17.2 Å². The number of hydrogen-bond donors (Lipinski definition) is 3. The van der Waals surface area contributed by atoms with E-state index in [9.17, 15) is 13.2 Å². The number of halogens is 1. The van der Waals surface area contributed by atoms with E-state index in [4.69, 9.17) is 21.1 Å². The van der Waals surface area contributed by atoms with E-state index in [2.05, 4.69) is 15.4 Å². The molecule has 0 unspecified atom stereocenters. The normalized spacial score (nSPS) is 14.0. The average Bonchev–Trinajstić information content (AvgIpc) is 2.95. The predicted octanol–water partition coefficient (Wildman–Crippen LogP) is 5.84. The molecule has 0 aromatic heterocycles. The Morgan fingerprint density at radius 2 is 1.74 bits per heavy atom. The molecule has 10 heteroatoms. The molecule has 3 aromatic carbocycles. The van der Waals surface area contributed by atoms with E-state index < -0.39 is 10.0 Å². The first-order chi connectivity index (χ1) is 18.9. The van der Waals surface area contributed by atoms with Crippen LogP contribution in [0.25, 0.3) is 0 Å². The van der Waals surface area contributed by atoms with Crippen molar-refractivity contribution in [2.75, 3.05) is 31.5 Å². The van der Waals surface area contributed by atoms with Gasteiger partial charge in [-0.1, -0.05) is 36.6 Å². The number of sulfonamides is 1. The Labute approximate surface area is 235 Å². The third-order valence-corrected chi connectivity index (χ3v) is 8.38. The first-order valence-electron chi connectivity index (χ1n) is 13.1. The molecule has 8 nitrogen and oxygen atoms in total. The number of para-hydroxylation sites is 2. The molecule has 0 bridgehead atoms. The van der Waals surface area contributed by atoms with Crippen LogP contribution in [-0.2, 0) is 10.0 Å². The van der Waals surface area contributed by atoms with Crippen LogP contribution in [0.2, 0.25) is 5.02 Å². The fraction of sp³-hybridized carbons (Fsp3) is 0.345. The standard InChI is InChI=1S/C29H34ClN3O5S/c1-37-23-11-14-27(25(30)20-23)38-28-8-3-2-7-26(28)33-39(35,36)24-12-9-22(10-13-24)29(34)32-17-5-4-6-21-15-18-31-19-16-21/h2-3,7-14,20-21,31,33H,4-6,15-19H2,1H3,(H,32,34). The number of benzene rings is 3. The zero-order valence-electron chi connectivity index (χ0n) is 21.9. The summed E-state index contributed by atoms with van der Waals surface area (Å²) in [6.45, 7) is 2.80. The number of amides is 1. The Kier molecular flexibility index (Phi) is 10.1. The highest BCUT2D eigenvalue weighted by atomic mass is 35.5. The molecule has 3 aromatic rings. The first-order valence-corrected chi connectivity index (χ1v) is 14.9. The van der Waals surface area contributed by atoms with Crippen LogP contribution in [0.1, 0.15) is 42.5 Å². The summed E-state index contributed by atoms with van der Waals surface area (Å²) in [6.07, 6.45) is 5.66. The molecular formula is C29H34ClN3O5S. The largest absolute Gasteiger partial charge is 0.497 e. The topological polar surface area (TPSA) is 106 Å². The summed E-state index contributed by atoms with van der Waals surface area (Å²) in [7, 11) is -2.41. The van der Waals surface area contributed by atoms with Crippen LogP contribution < -0.4 is 24.8 Å². The monoisotopic (exact) mass is 571 g/mol. The van der Waals surface area contributed by atoms with Gasteiger partial charge in [-0.3, -0.25) is 9.52 Å². The number of hydrogen-bond acceptors (Lipinski definition) is 6. The van der Waals surface area contributed by atoms with Crippen LogP contribution >= 0.6 is 11.6 Å². The molecule has 1 saturated heterocycles. The van der Waals surface area contributed by atoms with Crippen LogP contribution in [0.4, 0.5) is 5.69 Å². The van der Waals surface area contributed by atoms with Gasteiger partial charge in [-0.05, 0) is 86.8 Å². The van der Waals surface area contributed by atoms with E-state index in [0.717, 1.165) is 31.8 Å². The van der Waals surface area contributed by atoms with Crippen molar-refractivity contribution in [3.05, 3.63) is 77.3 Å². The van der Waals surface area contributed by atoms with E-state index in [-0.39, 0.29) is 22.2 Å². The summed E-state index contributed by atoms with van der Waals surface area (Å²) in [5, 5.41) is 6.63. The van der Waals surface area contributed by atoms with E-state index in [1.807, 2.05) is 0 Å². The van der Waals surface area contributed by atoms with Crippen LogP contribution in [-0.4, -0.2) is 41.1 Å². The lowest BCUT2D eigenvalue weighted by Gasteiger charge is -2.22. The number of carbonyl (C=O) groups is 1. The number of nitrogens with one attached hydrogen (secondary N) is 3. The lowest BCUT2D eigenvalue weighted by atomic mass is 9.92. The smallest absolute Gasteiger partial charge is 0.262 e. The molecule has 3 N–H and O–H groups in total. The third-order valence-electron chi connectivity index (χ3n) is 6.70. The molecular weight excluding hydrogens is 538 g/mol. The highest BCUT2D eigenvalue weighted by Crippen LogP contribution is 2.36. The Morgan fingerprint density at radius 3 is 2.46 bits per heavy atom. The van der Waals surface area contributed by atoms with Gasteiger partial charge >= 0.3 is 0 Å². The van der Waals surface area contributed by atoms with Crippen molar-refractivity contribution >= 4 is 33.2 Å². The molecule has 1 fully saturated rings. The van der Waals surface area contributed by atoms with E-state index in [1.54, 1.807) is 42.5 Å². The minimum Gasteiger partial charge on any atom is -0.497 e. The van der Waals surface area contributed by atoms with Crippen molar-refractivity contribution < 1.29 is 22.7 Å². The van der Waals surface area contributed by atoms with Crippen molar-refractivity contribution in [2.24, 2.45) is 5.92 Å². The van der Waals surface area contributed by atoms with Gasteiger partial charge in [-0.15, -0.1) is 0 Å². The second-order valence-electron chi connectivity index (χ2n) is 9.47. The molecule has 1 aliphatic rings. The predicted molar refractivity (Wildman–Crippen MR) is 154 cm³/mol. The van der Waals surface area contributed by atoms with Gasteiger partial charge in [-0.25, -0.2) is 8.42 Å². The van der Waals surface area contributed by atoms with Gasteiger partial charge in [0.15, 0.2) is 5.75 Å². The van der Waals surface area contributed by atoms with E-state index >= 15 is 0 Å². The summed E-state index contributed by atoms with van der Waals surface area (Å²) in [6, 6.07) is 17.5. The maximum atomic E-state index is 13.1. The van der Waals surface area contributed by atoms with Gasteiger partial charge in [0.1, 0.15) is 11.5 Å². The summed E-state index contributed by atoms with van der Waals surface area (Å²) in [5.41, 5.74) is 0.654. The first kappa shape index (κ1) is 28.7. The van der Waals surface area contributed by atoms with Gasteiger partial charge < -0.3 is 20.1 Å². The highest BCUT2D eigenvalue weighted by Gasteiger charge is 2.18. The lowest BCUT2D eigenvalue weighted by molar-refractivity contribution is 0.0952. The second-order valence-corrected chi connectivity index (χ2v) is 11.6. The maximum absolute atomic E-state index is 13.1. The quantitative estimate of drug-likeness (QED) is 0.236. The van der Waals surface area contributed by atoms with Crippen molar-refractivity contribution in [1.29, 1.82) is 0 Å². The van der Waals surface area contributed by atoms with Crippen molar-refractivity contribution in [3.63, 3.8) is 0 Å². The number of unbranched alkanes of at least 4 members (excludes halogenated alkanes) is 1. The van der Waals surface area contributed by atoms with Crippen molar-refractivity contribution in [2.45, 2.75) is 37.0 Å². The number of anilines is 1. The molecule has 39 heavy (non-hydrogen) atoms. The van der Waals surface area contributed by atoms with Gasteiger partial charge in [0, 0.05) is 18.2 Å². The molecule has 0 spiro atoms. The Bertz CT molecular complexity index is 1360.